The molecule has 2 nitrogen and oxygen atoms in total. The van der Waals surface area contributed by atoms with Gasteiger partial charge in [-0.1, -0.05) is 36.5 Å². The predicted molar refractivity (Wildman–Crippen MR) is 69.4 cm³/mol. The van der Waals surface area contributed by atoms with Gasteiger partial charge in [-0.2, -0.15) is 11.3 Å². The minimum Gasteiger partial charge on any atom is -0.216 e. The van der Waals surface area contributed by atoms with Crippen LogP contribution in [0, 0.1) is 0 Å². The molecule has 0 fully saturated rings. The molecule has 0 amide bonds. The fourth-order valence-corrected chi connectivity index (χ4v) is 2.62. The Hall–Kier alpha value is -0.640. The molecule has 0 spiro atoms. The third-order valence-electron chi connectivity index (χ3n) is 2.19. The Morgan fingerprint density at radius 1 is 1.25 bits per heavy atom. The number of hydrogen-bond acceptors (Lipinski definition) is 3. The quantitative estimate of drug-likeness (QED) is 0.771. The van der Waals surface area contributed by atoms with Gasteiger partial charge in [-0.25, -0.2) is 9.97 Å². The summed E-state index contributed by atoms with van der Waals surface area (Å²) in [7, 11) is 0. The molecule has 0 radical (unpaired) electrons. The molecule has 0 aliphatic heterocycles. The van der Waals surface area contributed by atoms with E-state index in [9.17, 15) is 0 Å². The molecule has 0 N–H and O–H groups in total. The van der Waals surface area contributed by atoms with Gasteiger partial charge in [-0.15, -0.1) is 0 Å². The molecule has 0 aliphatic carbocycles. The van der Waals surface area contributed by atoms with E-state index in [2.05, 4.69) is 16.9 Å². The molecule has 0 aliphatic rings. The summed E-state index contributed by atoms with van der Waals surface area (Å²) in [5, 5.41) is 4.87. The van der Waals surface area contributed by atoms with E-state index in [1.165, 1.54) is 0 Å². The summed E-state index contributed by atoms with van der Waals surface area (Å²) in [4.78, 5) is 8.54. The maximum Gasteiger partial charge on any atom is 0.163 e. The lowest BCUT2D eigenvalue weighted by Gasteiger charge is -2.06. The topological polar surface area (TPSA) is 25.8 Å². The smallest absolute Gasteiger partial charge is 0.163 e. The van der Waals surface area contributed by atoms with Gasteiger partial charge in [0.2, 0.25) is 0 Å². The van der Waals surface area contributed by atoms with Crippen molar-refractivity contribution in [2.75, 3.05) is 0 Å². The van der Waals surface area contributed by atoms with E-state index in [1.54, 1.807) is 11.3 Å². The molecule has 5 heteroatoms. The molecule has 0 saturated carbocycles. The average molecular weight is 273 g/mol. The van der Waals surface area contributed by atoms with Crippen LogP contribution in [0.2, 0.25) is 10.3 Å². The molecule has 2 rings (SSSR count). The SMILES string of the molecule is CCCc1c(Cl)nc(-c2ccsc2)nc1Cl. The molecule has 0 unspecified atom stereocenters. The van der Waals surface area contributed by atoms with Crippen LogP contribution in [0.1, 0.15) is 18.9 Å². The van der Waals surface area contributed by atoms with Crippen LogP contribution in [-0.4, -0.2) is 9.97 Å². The molecule has 0 bridgehead atoms. The maximum atomic E-state index is 6.10. The van der Waals surface area contributed by atoms with Crippen molar-refractivity contribution in [1.29, 1.82) is 0 Å². The highest BCUT2D eigenvalue weighted by Crippen LogP contribution is 2.27. The van der Waals surface area contributed by atoms with E-state index in [0.29, 0.717) is 16.1 Å². The predicted octanol–water partition coefficient (Wildman–Crippen LogP) is 4.46. The van der Waals surface area contributed by atoms with Crippen molar-refractivity contribution >= 4 is 34.5 Å². The standard InChI is InChI=1S/C11H10Cl2N2S/c1-2-3-8-9(12)14-11(15-10(8)13)7-4-5-16-6-7/h4-6H,2-3H2,1H3. The number of rotatable bonds is 3. The molecule has 2 aromatic rings. The lowest BCUT2D eigenvalue weighted by atomic mass is 10.2. The van der Waals surface area contributed by atoms with Gasteiger partial charge >= 0.3 is 0 Å². The van der Waals surface area contributed by atoms with Crippen LogP contribution in [0.4, 0.5) is 0 Å². The minimum atomic E-state index is 0.461. The van der Waals surface area contributed by atoms with Crippen LogP contribution in [-0.2, 0) is 6.42 Å². The first kappa shape index (κ1) is 11.8. The largest absolute Gasteiger partial charge is 0.216 e. The first-order valence-electron chi connectivity index (χ1n) is 4.97. The molecule has 0 atom stereocenters. The summed E-state index contributed by atoms with van der Waals surface area (Å²) < 4.78 is 0. The Balaban J connectivity index is 2.45. The van der Waals surface area contributed by atoms with Crippen molar-refractivity contribution in [3.63, 3.8) is 0 Å². The van der Waals surface area contributed by atoms with Gasteiger partial charge in [-0.05, 0) is 17.9 Å². The first-order chi connectivity index (χ1) is 7.72. The molecule has 84 valence electrons. The summed E-state index contributed by atoms with van der Waals surface area (Å²) in [5.74, 6) is 0.594. The Labute approximate surface area is 108 Å². The molecular formula is C11H10Cl2N2S. The Bertz CT molecular complexity index is 460. The van der Waals surface area contributed by atoms with Gasteiger partial charge in [0.25, 0.3) is 0 Å². The van der Waals surface area contributed by atoms with Crippen molar-refractivity contribution in [2.24, 2.45) is 0 Å². The number of thiophene rings is 1. The maximum absolute atomic E-state index is 6.10. The summed E-state index contributed by atoms with van der Waals surface area (Å²) >= 11 is 13.8. The second kappa shape index (κ2) is 5.13. The van der Waals surface area contributed by atoms with Gasteiger partial charge < -0.3 is 0 Å². The second-order valence-electron chi connectivity index (χ2n) is 3.37. The van der Waals surface area contributed by atoms with Gasteiger partial charge in [0.1, 0.15) is 10.3 Å². The van der Waals surface area contributed by atoms with Crippen molar-refractivity contribution in [3.05, 3.63) is 32.7 Å². The molecule has 0 aromatic carbocycles. The van der Waals surface area contributed by atoms with Gasteiger partial charge in [0.15, 0.2) is 5.82 Å². The molecular weight excluding hydrogens is 263 g/mol. The van der Waals surface area contributed by atoms with Gasteiger partial charge in [-0.3, -0.25) is 0 Å². The number of halogens is 2. The fourth-order valence-electron chi connectivity index (χ4n) is 1.41. The van der Waals surface area contributed by atoms with Crippen molar-refractivity contribution in [1.82, 2.24) is 9.97 Å². The average Bonchev–Trinajstić information content (AvgIpc) is 2.76. The zero-order valence-electron chi connectivity index (χ0n) is 8.70. The summed E-state index contributed by atoms with van der Waals surface area (Å²) in [6.07, 6.45) is 1.78. The number of hydrogen-bond donors (Lipinski definition) is 0. The van der Waals surface area contributed by atoms with Crippen LogP contribution in [0.25, 0.3) is 11.4 Å². The lowest BCUT2D eigenvalue weighted by Crippen LogP contribution is -1.96. The van der Waals surface area contributed by atoms with E-state index in [-0.39, 0.29) is 0 Å². The second-order valence-corrected chi connectivity index (χ2v) is 4.87. The third kappa shape index (κ3) is 2.37. The Morgan fingerprint density at radius 2 is 1.94 bits per heavy atom. The van der Waals surface area contributed by atoms with Crippen LogP contribution < -0.4 is 0 Å². The van der Waals surface area contributed by atoms with E-state index in [1.807, 2.05) is 16.8 Å². The highest BCUT2D eigenvalue weighted by molar-refractivity contribution is 7.08. The van der Waals surface area contributed by atoms with Crippen molar-refractivity contribution in [2.45, 2.75) is 19.8 Å². The summed E-state index contributed by atoms with van der Waals surface area (Å²) in [6, 6.07) is 1.95. The highest BCUT2D eigenvalue weighted by atomic mass is 35.5. The van der Waals surface area contributed by atoms with Gasteiger partial charge in [0, 0.05) is 16.5 Å². The van der Waals surface area contributed by atoms with Crippen LogP contribution in [0.5, 0.6) is 0 Å². The highest BCUT2D eigenvalue weighted by Gasteiger charge is 2.12. The zero-order chi connectivity index (χ0) is 11.5. The van der Waals surface area contributed by atoms with E-state index in [4.69, 9.17) is 23.2 Å². The minimum absolute atomic E-state index is 0.461. The zero-order valence-corrected chi connectivity index (χ0v) is 11.0. The first-order valence-corrected chi connectivity index (χ1v) is 6.66. The van der Waals surface area contributed by atoms with Crippen LogP contribution >= 0.6 is 34.5 Å². The van der Waals surface area contributed by atoms with E-state index < -0.39 is 0 Å². The molecule has 2 aromatic heterocycles. The third-order valence-corrected chi connectivity index (χ3v) is 3.49. The molecule has 0 saturated heterocycles. The Morgan fingerprint density at radius 3 is 2.44 bits per heavy atom. The lowest BCUT2D eigenvalue weighted by molar-refractivity contribution is 0.903. The van der Waals surface area contributed by atoms with E-state index >= 15 is 0 Å². The Kier molecular flexibility index (Phi) is 3.79. The summed E-state index contributed by atoms with van der Waals surface area (Å²) in [5.41, 5.74) is 1.79. The number of nitrogens with zero attached hydrogens (tertiary/aromatic N) is 2. The molecule has 16 heavy (non-hydrogen) atoms. The number of aromatic nitrogens is 2. The van der Waals surface area contributed by atoms with Crippen LogP contribution in [0.3, 0.4) is 0 Å². The van der Waals surface area contributed by atoms with E-state index in [0.717, 1.165) is 24.0 Å². The monoisotopic (exact) mass is 272 g/mol. The molecule has 2 heterocycles. The van der Waals surface area contributed by atoms with Crippen molar-refractivity contribution < 1.29 is 0 Å². The van der Waals surface area contributed by atoms with Gasteiger partial charge in [0.05, 0.1) is 0 Å². The van der Waals surface area contributed by atoms with Crippen LogP contribution in [0.15, 0.2) is 16.8 Å². The summed E-state index contributed by atoms with van der Waals surface area (Å²) in [6.45, 7) is 2.07. The fraction of sp³-hybridized carbons (Fsp3) is 0.273. The normalized spacial score (nSPS) is 10.7. The van der Waals surface area contributed by atoms with Crippen molar-refractivity contribution in [3.8, 4) is 11.4 Å².